The Balaban J connectivity index is 2.66. The monoisotopic (exact) mass is 235 g/mol. The Kier molecular flexibility index (Phi) is 3.48. The molecular weight excluding hydrogens is 214 g/mol. The summed E-state index contributed by atoms with van der Waals surface area (Å²) >= 11 is 0. The average Bonchev–Trinajstić information content (AvgIpc) is 2.00. The Bertz CT molecular complexity index is 316. The topological polar surface area (TPSA) is 69.4 Å². The van der Waals surface area contributed by atoms with Crippen molar-refractivity contribution in [2.45, 2.75) is 45.0 Å². The fourth-order valence-corrected chi connectivity index (χ4v) is 3.25. The van der Waals surface area contributed by atoms with Crippen LogP contribution in [0.25, 0.3) is 0 Å². The van der Waals surface area contributed by atoms with E-state index in [1.165, 1.54) is 0 Å². The van der Waals surface area contributed by atoms with Crippen LogP contribution in [-0.4, -0.2) is 26.9 Å². The van der Waals surface area contributed by atoms with E-state index in [-0.39, 0.29) is 6.10 Å². The van der Waals surface area contributed by atoms with Crippen molar-refractivity contribution in [3.8, 4) is 0 Å². The van der Waals surface area contributed by atoms with Crippen LogP contribution >= 0.6 is 0 Å². The van der Waals surface area contributed by atoms with Crippen molar-refractivity contribution in [2.75, 3.05) is 7.11 Å². The zero-order chi connectivity index (χ0) is 11.9. The zero-order valence-corrected chi connectivity index (χ0v) is 10.7. The molecule has 1 rings (SSSR count). The molecule has 0 aromatic rings. The largest absolute Gasteiger partial charge is 0.380 e. The van der Waals surface area contributed by atoms with Crippen LogP contribution in [0.1, 0.15) is 33.6 Å². The minimum atomic E-state index is -3.50. The molecule has 4 nitrogen and oxygen atoms in total. The van der Waals surface area contributed by atoms with Crippen molar-refractivity contribution in [1.29, 1.82) is 0 Å². The SMILES string of the molecule is CO[C@H](C1CC(C)(C)C1)[C@H](C)S(N)(=O)=O. The van der Waals surface area contributed by atoms with Gasteiger partial charge in [-0.15, -0.1) is 0 Å². The second-order valence-corrected chi connectivity index (χ2v) is 7.25. The third kappa shape index (κ3) is 2.92. The molecule has 0 amide bonds. The predicted molar refractivity (Wildman–Crippen MR) is 59.9 cm³/mol. The van der Waals surface area contributed by atoms with Gasteiger partial charge in [0, 0.05) is 7.11 Å². The Morgan fingerprint density at radius 2 is 1.87 bits per heavy atom. The summed E-state index contributed by atoms with van der Waals surface area (Å²) in [6.45, 7) is 5.98. The van der Waals surface area contributed by atoms with E-state index >= 15 is 0 Å². The Morgan fingerprint density at radius 3 is 2.13 bits per heavy atom. The normalized spacial score (nSPS) is 25.7. The van der Waals surface area contributed by atoms with E-state index in [1.54, 1.807) is 14.0 Å². The molecule has 2 N–H and O–H groups in total. The molecule has 1 aliphatic rings. The number of rotatable bonds is 4. The Morgan fingerprint density at radius 1 is 1.40 bits per heavy atom. The molecular formula is C10H21NO3S. The molecule has 0 spiro atoms. The predicted octanol–water partition coefficient (Wildman–Crippen LogP) is 1.11. The lowest BCUT2D eigenvalue weighted by Crippen LogP contribution is -2.48. The van der Waals surface area contributed by atoms with E-state index in [1.807, 2.05) is 0 Å². The number of hydrogen-bond donors (Lipinski definition) is 1. The second-order valence-electron chi connectivity index (χ2n) is 5.33. The van der Waals surface area contributed by atoms with Gasteiger partial charge in [0.1, 0.15) is 0 Å². The number of hydrogen-bond acceptors (Lipinski definition) is 3. The molecule has 0 unspecified atom stereocenters. The number of nitrogens with two attached hydrogens (primary N) is 1. The van der Waals surface area contributed by atoms with Gasteiger partial charge in [-0.3, -0.25) is 0 Å². The number of ether oxygens (including phenoxy) is 1. The summed E-state index contributed by atoms with van der Waals surface area (Å²) < 4.78 is 27.7. The van der Waals surface area contributed by atoms with Crippen molar-refractivity contribution in [3.05, 3.63) is 0 Å². The van der Waals surface area contributed by atoms with Crippen molar-refractivity contribution < 1.29 is 13.2 Å². The Labute approximate surface area is 92.2 Å². The summed E-state index contributed by atoms with van der Waals surface area (Å²) in [5, 5.41) is 4.51. The summed E-state index contributed by atoms with van der Waals surface area (Å²) in [7, 11) is -1.94. The van der Waals surface area contributed by atoms with Crippen molar-refractivity contribution in [2.24, 2.45) is 16.5 Å². The lowest BCUT2D eigenvalue weighted by molar-refractivity contribution is -0.0368. The van der Waals surface area contributed by atoms with Gasteiger partial charge >= 0.3 is 0 Å². The zero-order valence-electron chi connectivity index (χ0n) is 9.86. The molecule has 0 aliphatic heterocycles. The average molecular weight is 235 g/mol. The quantitative estimate of drug-likeness (QED) is 0.793. The first-order valence-electron chi connectivity index (χ1n) is 5.22. The van der Waals surface area contributed by atoms with Crippen molar-refractivity contribution >= 4 is 10.0 Å². The minimum Gasteiger partial charge on any atom is -0.380 e. The fourth-order valence-electron chi connectivity index (χ4n) is 2.55. The third-order valence-electron chi connectivity index (χ3n) is 3.35. The third-order valence-corrected chi connectivity index (χ3v) is 4.65. The van der Waals surface area contributed by atoms with Crippen molar-refractivity contribution in [3.63, 3.8) is 0 Å². The summed E-state index contributed by atoms with van der Waals surface area (Å²) in [6, 6.07) is 0. The maximum atomic E-state index is 11.2. The van der Waals surface area contributed by atoms with Gasteiger partial charge in [-0.25, -0.2) is 13.6 Å². The highest BCUT2D eigenvalue weighted by Gasteiger charge is 2.44. The van der Waals surface area contributed by atoms with Crippen LogP contribution in [0, 0.1) is 11.3 Å². The molecule has 5 heteroatoms. The molecule has 0 heterocycles. The fraction of sp³-hybridized carbons (Fsp3) is 1.00. The summed E-state index contributed by atoms with van der Waals surface area (Å²) in [6.07, 6.45) is 1.74. The lowest BCUT2D eigenvalue weighted by Gasteiger charge is -2.47. The van der Waals surface area contributed by atoms with E-state index in [2.05, 4.69) is 13.8 Å². The minimum absolute atomic E-state index is 0.270. The first-order chi connectivity index (χ1) is 6.67. The Hall–Kier alpha value is -0.130. The summed E-state index contributed by atoms with van der Waals surface area (Å²) in [4.78, 5) is 0. The van der Waals surface area contributed by atoms with Crippen LogP contribution in [-0.2, 0) is 14.8 Å². The molecule has 15 heavy (non-hydrogen) atoms. The van der Waals surface area contributed by atoms with Crippen LogP contribution in [0.15, 0.2) is 0 Å². The highest BCUT2D eigenvalue weighted by molar-refractivity contribution is 7.89. The molecule has 1 fully saturated rings. The van der Waals surface area contributed by atoms with Gasteiger partial charge in [0.05, 0.1) is 11.4 Å². The highest BCUT2D eigenvalue weighted by atomic mass is 32.2. The van der Waals surface area contributed by atoms with Gasteiger partial charge < -0.3 is 4.74 Å². The van der Waals surface area contributed by atoms with E-state index in [0.29, 0.717) is 11.3 Å². The van der Waals surface area contributed by atoms with Crippen molar-refractivity contribution in [1.82, 2.24) is 0 Å². The first kappa shape index (κ1) is 12.9. The molecule has 1 saturated carbocycles. The van der Waals surface area contributed by atoms with Crippen LogP contribution < -0.4 is 5.14 Å². The molecule has 0 radical (unpaired) electrons. The van der Waals surface area contributed by atoms with E-state index in [0.717, 1.165) is 12.8 Å². The number of primary sulfonamides is 1. The smallest absolute Gasteiger partial charge is 0.214 e. The van der Waals surface area contributed by atoms with Crippen LogP contribution in [0.5, 0.6) is 0 Å². The molecule has 0 saturated heterocycles. The standard InChI is InChI=1S/C10H21NO3S/c1-7(15(11,12)13)9(14-4)8-5-10(2,3)6-8/h7-9H,5-6H2,1-4H3,(H2,11,12,13)/t7-,9-/m0/s1. The molecule has 90 valence electrons. The molecule has 0 aromatic carbocycles. The van der Waals surface area contributed by atoms with Gasteiger partial charge in [-0.1, -0.05) is 13.8 Å². The van der Waals surface area contributed by atoms with Crippen LogP contribution in [0.4, 0.5) is 0 Å². The lowest BCUT2D eigenvalue weighted by atomic mass is 9.62. The number of sulfonamides is 1. The van der Waals surface area contributed by atoms with E-state index in [4.69, 9.17) is 9.88 Å². The molecule has 0 bridgehead atoms. The van der Waals surface area contributed by atoms with Gasteiger partial charge in [0.25, 0.3) is 0 Å². The summed E-state index contributed by atoms with van der Waals surface area (Å²) in [5.74, 6) is 0.318. The van der Waals surface area contributed by atoms with Crippen LogP contribution in [0.2, 0.25) is 0 Å². The van der Waals surface area contributed by atoms with Gasteiger partial charge in [0.2, 0.25) is 10.0 Å². The maximum Gasteiger partial charge on any atom is 0.214 e. The second kappa shape index (κ2) is 4.03. The van der Waals surface area contributed by atoms with Gasteiger partial charge in [-0.2, -0.15) is 0 Å². The highest BCUT2D eigenvalue weighted by Crippen LogP contribution is 2.47. The first-order valence-corrected chi connectivity index (χ1v) is 6.83. The molecule has 2 atom stereocenters. The van der Waals surface area contributed by atoms with Gasteiger partial charge in [0.15, 0.2) is 0 Å². The van der Waals surface area contributed by atoms with E-state index < -0.39 is 15.3 Å². The van der Waals surface area contributed by atoms with Crippen LogP contribution in [0.3, 0.4) is 0 Å². The number of methoxy groups -OCH3 is 1. The van der Waals surface area contributed by atoms with E-state index in [9.17, 15) is 8.42 Å². The molecule has 1 aliphatic carbocycles. The maximum absolute atomic E-state index is 11.2. The summed E-state index contributed by atoms with van der Waals surface area (Å²) in [5.41, 5.74) is 0.319. The van der Waals surface area contributed by atoms with Gasteiger partial charge in [-0.05, 0) is 31.1 Å². The molecule has 0 aromatic heterocycles.